The van der Waals surface area contributed by atoms with Crippen LogP contribution >= 0.6 is 0 Å². The molecule has 0 radical (unpaired) electrons. The van der Waals surface area contributed by atoms with Crippen molar-refractivity contribution in [1.29, 1.82) is 0 Å². The number of aromatic amines is 1. The van der Waals surface area contributed by atoms with E-state index in [-0.39, 0.29) is 41.4 Å². The molecule has 2 N–H and O–H groups in total. The minimum atomic E-state index is -0.849. The summed E-state index contributed by atoms with van der Waals surface area (Å²) in [5, 5.41) is 2.52. The van der Waals surface area contributed by atoms with Gasteiger partial charge in [0.25, 0.3) is 17.6 Å². The second kappa shape index (κ2) is 8.62. The molecular weight excluding hydrogens is 415 g/mol. The van der Waals surface area contributed by atoms with Gasteiger partial charge >= 0.3 is 0 Å². The number of nitrogens with zero attached hydrogens (tertiary/aromatic N) is 2. The number of hydrogen-bond acceptors (Lipinski definition) is 4. The molecule has 9 heteroatoms. The summed E-state index contributed by atoms with van der Waals surface area (Å²) >= 11 is 0. The molecule has 2 aromatic carbocycles. The number of hydrogen-bond donors (Lipinski definition) is 2. The Hall–Kier alpha value is -4.01. The van der Waals surface area contributed by atoms with E-state index in [1.54, 1.807) is 29.2 Å². The van der Waals surface area contributed by atoms with Gasteiger partial charge in [-0.15, -0.1) is 0 Å². The van der Waals surface area contributed by atoms with Crippen LogP contribution in [0.2, 0.25) is 0 Å². The summed E-state index contributed by atoms with van der Waals surface area (Å²) in [6, 6.07) is 11.4. The molecule has 1 aliphatic rings. The van der Waals surface area contributed by atoms with Gasteiger partial charge in [0, 0.05) is 50.2 Å². The van der Waals surface area contributed by atoms with Crippen LogP contribution in [0.25, 0.3) is 10.9 Å². The SMILES string of the molecule is CC(=O)Nc1ccc(F)c2c(C(=O)C(=O)N3CCN(C(=O)c4ccccc4)CC3)c[nH]c12. The first kappa shape index (κ1) is 21.2. The lowest BCUT2D eigenvalue weighted by atomic mass is 10.1. The number of carbonyl (C=O) groups excluding carboxylic acids is 4. The fourth-order valence-electron chi connectivity index (χ4n) is 3.81. The summed E-state index contributed by atoms with van der Waals surface area (Å²) in [5.41, 5.74) is 1.01. The summed E-state index contributed by atoms with van der Waals surface area (Å²) < 4.78 is 14.5. The van der Waals surface area contributed by atoms with Gasteiger partial charge < -0.3 is 20.1 Å². The summed E-state index contributed by atoms with van der Waals surface area (Å²) in [7, 11) is 0. The van der Waals surface area contributed by atoms with E-state index in [2.05, 4.69) is 10.3 Å². The Morgan fingerprint density at radius 3 is 2.25 bits per heavy atom. The van der Waals surface area contributed by atoms with Gasteiger partial charge in [-0.3, -0.25) is 19.2 Å². The molecule has 1 saturated heterocycles. The Balaban J connectivity index is 1.49. The van der Waals surface area contributed by atoms with Crippen molar-refractivity contribution in [3.8, 4) is 0 Å². The second-order valence-corrected chi connectivity index (χ2v) is 7.51. The van der Waals surface area contributed by atoms with Crippen LogP contribution in [-0.2, 0) is 9.59 Å². The van der Waals surface area contributed by atoms with Crippen LogP contribution in [0.5, 0.6) is 0 Å². The number of amides is 3. The van der Waals surface area contributed by atoms with Crippen molar-refractivity contribution in [3.05, 3.63) is 65.6 Å². The summed E-state index contributed by atoms with van der Waals surface area (Å²) in [6.45, 7) is 2.30. The summed E-state index contributed by atoms with van der Waals surface area (Å²) in [6.07, 6.45) is 1.27. The molecule has 3 aromatic rings. The van der Waals surface area contributed by atoms with Gasteiger partial charge in [-0.1, -0.05) is 18.2 Å². The number of rotatable bonds is 4. The van der Waals surface area contributed by atoms with Crippen LogP contribution in [0, 0.1) is 5.82 Å². The molecule has 0 bridgehead atoms. The highest BCUT2D eigenvalue weighted by Crippen LogP contribution is 2.29. The van der Waals surface area contributed by atoms with Crippen LogP contribution in [0.4, 0.5) is 10.1 Å². The zero-order valence-corrected chi connectivity index (χ0v) is 17.4. The highest BCUT2D eigenvalue weighted by molar-refractivity contribution is 6.45. The summed E-state index contributed by atoms with van der Waals surface area (Å²) in [5.74, 6) is -2.77. The number of nitrogens with one attached hydrogen (secondary N) is 2. The van der Waals surface area contributed by atoms with E-state index in [1.165, 1.54) is 24.1 Å². The van der Waals surface area contributed by atoms with E-state index < -0.39 is 17.5 Å². The largest absolute Gasteiger partial charge is 0.359 e. The van der Waals surface area contributed by atoms with Gasteiger partial charge in [-0.05, 0) is 24.3 Å². The van der Waals surface area contributed by atoms with Crippen LogP contribution in [0.3, 0.4) is 0 Å². The average Bonchev–Trinajstić information content (AvgIpc) is 3.26. The van der Waals surface area contributed by atoms with E-state index in [1.807, 2.05) is 6.07 Å². The molecule has 1 fully saturated rings. The van der Waals surface area contributed by atoms with Crippen molar-refractivity contribution >= 4 is 40.1 Å². The standard InChI is InChI=1S/C23H21FN4O4/c1-14(29)26-18-8-7-17(24)19-16(13-25-20(18)19)21(30)23(32)28-11-9-27(10-12-28)22(31)15-5-3-2-4-6-15/h2-8,13,25H,9-12H2,1H3,(H,26,29). The number of fused-ring (bicyclic) bond motifs is 1. The molecule has 0 atom stereocenters. The van der Waals surface area contributed by atoms with Crippen LogP contribution in [-0.4, -0.2) is 64.5 Å². The number of anilines is 1. The molecule has 32 heavy (non-hydrogen) atoms. The lowest BCUT2D eigenvalue weighted by Crippen LogP contribution is -2.52. The molecule has 2 heterocycles. The van der Waals surface area contributed by atoms with E-state index >= 15 is 0 Å². The van der Waals surface area contributed by atoms with E-state index in [4.69, 9.17) is 0 Å². The van der Waals surface area contributed by atoms with E-state index in [0.29, 0.717) is 24.3 Å². The molecule has 0 aliphatic carbocycles. The molecule has 8 nitrogen and oxygen atoms in total. The minimum Gasteiger partial charge on any atom is -0.359 e. The Bertz CT molecular complexity index is 1210. The fourth-order valence-corrected chi connectivity index (χ4v) is 3.81. The maximum Gasteiger partial charge on any atom is 0.295 e. The van der Waals surface area contributed by atoms with Crippen molar-refractivity contribution in [2.45, 2.75) is 6.92 Å². The van der Waals surface area contributed by atoms with Gasteiger partial charge in [-0.2, -0.15) is 0 Å². The number of piperazine rings is 1. The smallest absolute Gasteiger partial charge is 0.295 e. The third-order valence-corrected chi connectivity index (χ3v) is 5.41. The van der Waals surface area contributed by atoms with Crippen LogP contribution in [0.1, 0.15) is 27.6 Å². The van der Waals surface area contributed by atoms with Gasteiger partial charge in [0.15, 0.2) is 0 Å². The van der Waals surface area contributed by atoms with Crippen molar-refractivity contribution in [3.63, 3.8) is 0 Å². The maximum absolute atomic E-state index is 14.5. The number of benzene rings is 2. The first-order valence-electron chi connectivity index (χ1n) is 10.1. The molecule has 0 saturated carbocycles. The molecule has 164 valence electrons. The van der Waals surface area contributed by atoms with Crippen LogP contribution in [0.15, 0.2) is 48.7 Å². The van der Waals surface area contributed by atoms with Gasteiger partial charge in [0.2, 0.25) is 5.91 Å². The Kier molecular flexibility index (Phi) is 5.72. The zero-order valence-electron chi connectivity index (χ0n) is 17.4. The van der Waals surface area contributed by atoms with Crippen molar-refractivity contribution in [2.75, 3.05) is 31.5 Å². The minimum absolute atomic E-state index is 0.0486. The average molecular weight is 436 g/mol. The molecule has 1 aromatic heterocycles. The highest BCUT2D eigenvalue weighted by atomic mass is 19.1. The van der Waals surface area contributed by atoms with Crippen molar-refractivity contribution in [1.82, 2.24) is 14.8 Å². The Morgan fingerprint density at radius 1 is 0.938 bits per heavy atom. The van der Waals surface area contributed by atoms with Crippen molar-refractivity contribution in [2.24, 2.45) is 0 Å². The monoisotopic (exact) mass is 436 g/mol. The number of carbonyl (C=O) groups is 4. The third kappa shape index (κ3) is 3.96. The molecule has 3 amide bonds. The molecule has 0 unspecified atom stereocenters. The maximum atomic E-state index is 14.5. The number of ketones is 1. The van der Waals surface area contributed by atoms with Crippen LogP contribution < -0.4 is 5.32 Å². The molecular formula is C23H21FN4O4. The molecule has 0 spiro atoms. The quantitative estimate of drug-likeness (QED) is 0.484. The lowest BCUT2D eigenvalue weighted by molar-refractivity contribution is -0.127. The molecule has 1 aliphatic heterocycles. The van der Waals surface area contributed by atoms with Gasteiger partial charge in [0.05, 0.1) is 16.8 Å². The predicted molar refractivity (Wildman–Crippen MR) is 116 cm³/mol. The molecule has 4 rings (SSSR count). The highest BCUT2D eigenvalue weighted by Gasteiger charge is 2.31. The number of H-pyrrole nitrogens is 1. The Morgan fingerprint density at radius 2 is 1.59 bits per heavy atom. The first-order chi connectivity index (χ1) is 15.4. The lowest BCUT2D eigenvalue weighted by Gasteiger charge is -2.34. The van der Waals surface area contributed by atoms with E-state index in [0.717, 1.165) is 6.07 Å². The predicted octanol–water partition coefficient (Wildman–Crippen LogP) is 2.43. The fraction of sp³-hybridized carbons (Fsp3) is 0.217. The first-order valence-corrected chi connectivity index (χ1v) is 10.1. The summed E-state index contributed by atoms with van der Waals surface area (Å²) in [4.78, 5) is 55.5. The number of Topliss-reactive ketones (excluding diaryl/α,β-unsaturated/α-hetero) is 1. The number of halogens is 1. The van der Waals surface area contributed by atoms with Gasteiger partial charge in [0.1, 0.15) is 5.82 Å². The topological polar surface area (TPSA) is 103 Å². The number of aromatic nitrogens is 1. The Labute approximate surface area is 183 Å². The van der Waals surface area contributed by atoms with Gasteiger partial charge in [-0.25, -0.2) is 4.39 Å². The second-order valence-electron chi connectivity index (χ2n) is 7.51. The van der Waals surface area contributed by atoms with E-state index in [9.17, 15) is 23.6 Å². The van der Waals surface area contributed by atoms with Crippen molar-refractivity contribution < 1.29 is 23.6 Å². The third-order valence-electron chi connectivity index (χ3n) is 5.41. The normalized spacial score (nSPS) is 13.8. The zero-order chi connectivity index (χ0) is 22.8.